The number of nitrogens with one attached hydrogen (secondary N) is 1. The molecule has 2 rings (SSSR count). The highest BCUT2D eigenvalue weighted by Gasteiger charge is 2.12. The number of morpholine rings is 1. The van der Waals surface area contributed by atoms with Crippen molar-refractivity contribution < 1.29 is 14.2 Å². The fraction of sp³-hybridized carbons (Fsp3) is 0.625. The Morgan fingerprint density at radius 2 is 2.09 bits per heavy atom. The molecular weight excluding hydrogens is 348 g/mol. The molecule has 0 saturated carbocycles. The van der Waals surface area contributed by atoms with Crippen molar-refractivity contribution in [1.82, 2.24) is 10.2 Å². The molecule has 1 aromatic rings. The number of methoxy groups -OCH3 is 1. The summed E-state index contributed by atoms with van der Waals surface area (Å²) in [6, 6.07) is 4.10. The summed E-state index contributed by atoms with van der Waals surface area (Å²) in [7, 11) is 1.67. The van der Waals surface area contributed by atoms with Gasteiger partial charge in [-0.15, -0.1) is 0 Å². The Morgan fingerprint density at radius 1 is 1.32 bits per heavy atom. The molecule has 0 unspecified atom stereocenters. The number of benzene rings is 1. The maximum atomic E-state index is 5.61. The lowest BCUT2D eigenvalue weighted by molar-refractivity contribution is 0.0384. The molecule has 1 aromatic carbocycles. The second-order valence-corrected chi connectivity index (χ2v) is 6.03. The first-order chi connectivity index (χ1) is 10.7. The minimum atomic E-state index is 0.617. The minimum absolute atomic E-state index is 0.617. The summed E-state index contributed by atoms with van der Waals surface area (Å²) >= 11 is 3.56. The SMILES string of the molecule is CCOc1c(Br)cc(CNCCN2CCOCC2)cc1OC. The average molecular weight is 373 g/mol. The van der Waals surface area contributed by atoms with Crippen LogP contribution in [0.3, 0.4) is 0 Å². The van der Waals surface area contributed by atoms with E-state index in [0.29, 0.717) is 6.61 Å². The van der Waals surface area contributed by atoms with E-state index in [2.05, 4.69) is 32.2 Å². The molecular formula is C16H25BrN2O3. The molecule has 5 nitrogen and oxygen atoms in total. The molecule has 1 saturated heterocycles. The number of ether oxygens (including phenoxy) is 3. The lowest BCUT2D eigenvalue weighted by atomic mass is 10.2. The first-order valence-electron chi connectivity index (χ1n) is 7.74. The van der Waals surface area contributed by atoms with E-state index >= 15 is 0 Å². The number of nitrogens with zero attached hydrogens (tertiary/aromatic N) is 1. The topological polar surface area (TPSA) is 43.0 Å². The Kier molecular flexibility index (Phi) is 7.45. The van der Waals surface area contributed by atoms with Crippen LogP contribution in [0.25, 0.3) is 0 Å². The van der Waals surface area contributed by atoms with Crippen molar-refractivity contribution in [2.45, 2.75) is 13.5 Å². The number of halogens is 1. The van der Waals surface area contributed by atoms with E-state index in [0.717, 1.165) is 61.9 Å². The maximum Gasteiger partial charge on any atom is 0.175 e. The third-order valence-corrected chi connectivity index (χ3v) is 4.20. The van der Waals surface area contributed by atoms with Gasteiger partial charge in [0.2, 0.25) is 0 Å². The highest BCUT2D eigenvalue weighted by Crippen LogP contribution is 2.36. The van der Waals surface area contributed by atoms with Crippen LogP contribution in [0.15, 0.2) is 16.6 Å². The van der Waals surface area contributed by atoms with E-state index in [-0.39, 0.29) is 0 Å². The molecule has 0 bridgehead atoms. The van der Waals surface area contributed by atoms with Gasteiger partial charge in [0.1, 0.15) is 0 Å². The first kappa shape index (κ1) is 17.5. The zero-order chi connectivity index (χ0) is 15.8. The minimum Gasteiger partial charge on any atom is -0.493 e. The average Bonchev–Trinajstić information content (AvgIpc) is 2.55. The Labute approximate surface area is 141 Å². The van der Waals surface area contributed by atoms with Crippen molar-refractivity contribution in [1.29, 1.82) is 0 Å². The Morgan fingerprint density at radius 3 is 2.77 bits per heavy atom. The van der Waals surface area contributed by atoms with Crippen LogP contribution < -0.4 is 14.8 Å². The van der Waals surface area contributed by atoms with E-state index in [1.54, 1.807) is 7.11 Å². The summed E-state index contributed by atoms with van der Waals surface area (Å²) in [5.74, 6) is 1.53. The molecule has 1 aliphatic heterocycles. The van der Waals surface area contributed by atoms with Gasteiger partial charge in [0.15, 0.2) is 11.5 Å². The van der Waals surface area contributed by atoms with Crippen molar-refractivity contribution in [2.75, 3.05) is 53.1 Å². The molecule has 0 aromatic heterocycles. The van der Waals surface area contributed by atoms with Crippen LogP contribution in [0.2, 0.25) is 0 Å². The van der Waals surface area contributed by atoms with Gasteiger partial charge >= 0.3 is 0 Å². The second-order valence-electron chi connectivity index (χ2n) is 5.17. The third-order valence-electron chi connectivity index (χ3n) is 3.62. The molecule has 0 aliphatic carbocycles. The van der Waals surface area contributed by atoms with E-state index in [1.807, 2.05) is 13.0 Å². The lowest BCUT2D eigenvalue weighted by Crippen LogP contribution is -2.40. The van der Waals surface area contributed by atoms with Gasteiger partial charge in [0.05, 0.1) is 31.4 Å². The molecule has 124 valence electrons. The zero-order valence-electron chi connectivity index (χ0n) is 13.4. The van der Waals surface area contributed by atoms with Crippen LogP contribution in [0, 0.1) is 0 Å². The molecule has 0 radical (unpaired) electrons. The molecule has 1 aliphatic rings. The van der Waals surface area contributed by atoms with Gasteiger partial charge in [-0.2, -0.15) is 0 Å². The van der Waals surface area contributed by atoms with Crippen LogP contribution in [0.1, 0.15) is 12.5 Å². The molecule has 0 spiro atoms. The molecule has 22 heavy (non-hydrogen) atoms. The molecule has 0 atom stereocenters. The van der Waals surface area contributed by atoms with Crippen LogP contribution in [0.5, 0.6) is 11.5 Å². The predicted octanol–water partition coefficient (Wildman–Crippen LogP) is 2.28. The predicted molar refractivity (Wildman–Crippen MR) is 90.8 cm³/mol. The number of rotatable bonds is 8. The van der Waals surface area contributed by atoms with Crippen molar-refractivity contribution in [3.05, 3.63) is 22.2 Å². The Balaban J connectivity index is 1.83. The van der Waals surface area contributed by atoms with Crippen molar-refractivity contribution in [3.8, 4) is 11.5 Å². The molecule has 6 heteroatoms. The summed E-state index contributed by atoms with van der Waals surface area (Å²) in [6.45, 7) is 9.18. The van der Waals surface area contributed by atoms with Crippen LogP contribution in [0.4, 0.5) is 0 Å². The van der Waals surface area contributed by atoms with Crippen molar-refractivity contribution >= 4 is 15.9 Å². The van der Waals surface area contributed by atoms with Gasteiger partial charge in [-0.05, 0) is 40.5 Å². The van der Waals surface area contributed by atoms with Gasteiger partial charge in [-0.25, -0.2) is 0 Å². The Hall–Kier alpha value is -0.820. The van der Waals surface area contributed by atoms with Crippen molar-refractivity contribution in [2.24, 2.45) is 0 Å². The van der Waals surface area contributed by atoms with E-state index < -0.39 is 0 Å². The molecule has 0 amide bonds. The van der Waals surface area contributed by atoms with Gasteiger partial charge in [-0.1, -0.05) is 0 Å². The fourth-order valence-corrected chi connectivity index (χ4v) is 3.06. The highest BCUT2D eigenvalue weighted by molar-refractivity contribution is 9.10. The normalized spacial score (nSPS) is 15.8. The fourth-order valence-electron chi connectivity index (χ4n) is 2.45. The maximum absolute atomic E-state index is 5.61. The van der Waals surface area contributed by atoms with Crippen LogP contribution in [-0.2, 0) is 11.3 Å². The summed E-state index contributed by atoms with van der Waals surface area (Å²) in [5, 5.41) is 3.48. The standard InChI is InChI=1S/C16H25BrN2O3/c1-3-22-16-14(17)10-13(11-15(16)20-2)12-18-4-5-19-6-8-21-9-7-19/h10-11,18H,3-9,12H2,1-2H3. The molecule has 1 fully saturated rings. The largest absolute Gasteiger partial charge is 0.493 e. The number of hydrogen-bond acceptors (Lipinski definition) is 5. The molecule has 1 N–H and O–H groups in total. The summed E-state index contributed by atoms with van der Waals surface area (Å²) < 4.78 is 17.3. The van der Waals surface area contributed by atoms with Gasteiger partial charge < -0.3 is 19.5 Å². The van der Waals surface area contributed by atoms with Gasteiger partial charge in [-0.3, -0.25) is 4.90 Å². The third kappa shape index (κ3) is 5.12. The van der Waals surface area contributed by atoms with Gasteiger partial charge in [0, 0.05) is 32.7 Å². The lowest BCUT2D eigenvalue weighted by Gasteiger charge is -2.26. The Bertz CT molecular complexity index is 465. The van der Waals surface area contributed by atoms with Crippen LogP contribution in [-0.4, -0.2) is 58.0 Å². The summed E-state index contributed by atoms with van der Waals surface area (Å²) in [6.07, 6.45) is 0. The quantitative estimate of drug-likeness (QED) is 0.709. The monoisotopic (exact) mass is 372 g/mol. The molecule has 1 heterocycles. The number of hydrogen-bond donors (Lipinski definition) is 1. The summed E-state index contributed by atoms with van der Waals surface area (Å²) in [4.78, 5) is 2.42. The smallest absolute Gasteiger partial charge is 0.175 e. The second kappa shape index (κ2) is 9.35. The van der Waals surface area contributed by atoms with E-state index in [4.69, 9.17) is 14.2 Å². The first-order valence-corrected chi connectivity index (χ1v) is 8.54. The van der Waals surface area contributed by atoms with E-state index in [1.165, 1.54) is 5.56 Å². The highest BCUT2D eigenvalue weighted by atomic mass is 79.9. The summed E-state index contributed by atoms with van der Waals surface area (Å²) in [5.41, 5.74) is 1.18. The van der Waals surface area contributed by atoms with E-state index in [9.17, 15) is 0 Å². The van der Waals surface area contributed by atoms with Gasteiger partial charge in [0.25, 0.3) is 0 Å². The van der Waals surface area contributed by atoms with Crippen LogP contribution >= 0.6 is 15.9 Å². The zero-order valence-corrected chi connectivity index (χ0v) is 14.9. The van der Waals surface area contributed by atoms with Crippen molar-refractivity contribution in [3.63, 3.8) is 0 Å².